The van der Waals surface area contributed by atoms with Gasteiger partial charge in [0.25, 0.3) is 5.69 Å². The maximum absolute atomic E-state index is 10.5. The van der Waals surface area contributed by atoms with Crippen LogP contribution in [0.2, 0.25) is 0 Å². The van der Waals surface area contributed by atoms with Gasteiger partial charge >= 0.3 is 0 Å². The van der Waals surface area contributed by atoms with Crippen LogP contribution in [-0.4, -0.2) is 20.1 Å². The summed E-state index contributed by atoms with van der Waals surface area (Å²) in [5.74, 6) is 2.17. The number of aromatic amines is 1. The van der Waals surface area contributed by atoms with Gasteiger partial charge in [-0.2, -0.15) is 5.10 Å². The molecule has 1 N–H and O–H groups in total. The van der Waals surface area contributed by atoms with Gasteiger partial charge in [-0.15, -0.1) is 0 Å². The molecule has 19 heavy (non-hydrogen) atoms. The van der Waals surface area contributed by atoms with Crippen molar-refractivity contribution in [2.75, 3.05) is 0 Å². The molecule has 2 rings (SSSR count). The van der Waals surface area contributed by atoms with Gasteiger partial charge in [-0.3, -0.25) is 15.2 Å². The van der Waals surface area contributed by atoms with Crippen molar-refractivity contribution < 1.29 is 9.66 Å². The van der Waals surface area contributed by atoms with E-state index in [1.807, 2.05) is 13.8 Å². The fourth-order valence-corrected chi connectivity index (χ4v) is 1.45. The summed E-state index contributed by atoms with van der Waals surface area (Å²) in [7, 11) is 0. The summed E-state index contributed by atoms with van der Waals surface area (Å²) in [4.78, 5) is 14.3. The second kappa shape index (κ2) is 5.47. The molecule has 1 aromatic heterocycles. The van der Waals surface area contributed by atoms with Crippen molar-refractivity contribution in [2.24, 2.45) is 0 Å². The average Bonchev–Trinajstić information content (AvgIpc) is 2.86. The second-order valence-electron chi connectivity index (χ2n) is 4.33. The maximum atomic E-state index is 10.5. The molecule has 0 atom stereocenters. The van der Waals surface area contributed by atoms with Gasteiger partial charge in [-0.1, -0.05) is 13.8 Å². The van der Waals surface area contributed by atoms with Gasteiger partial charge in [-0.25, -0.2) is 4.98 Å². The van der Waals surface area contributed by atoms with Crippen LogP contribution in [0.4, 0.5) is 5.69 Å². The van der Waals surface area contributed by atoms with E-state index >= 15 is 0 Å². The minimum absolute atomic E-state index is 0.0362. The van der Waals surface area contributed by atoms with Crippen LogP contribution in [0.15, 0.2) is 24.3 Å². The Labute approximate surface area is 109 Å². The van der Waals surface area contributed by atoms with Crippen LogP contribution >= 0.6 is 0 Å². The summed E-state index contributed by atoms with van der Waals surface area (Å²) in [6.07, 6.45) is 0. The monoisotopic (exact) mass is 262 g/mol. The molecular weight excluding hydrogens is 248 g/mol. The number of rotatable bonds is 5. The number of nitro benzene ring substituents is 1. The number of hydrogen-bond acceptors (Lipinski definition) is 5. The summed E-state index contributed by atoms with van der Waals surface area (Å²) in [5.41, 5.74) is 0.0362. The quantitative estimate of drug-likeness (QED) is 0.659. The Kier molecular flexibility index (Phi) is 3.74. The average molecular weight is 262 g/mol. The minimum atomic E-state index is -0.449. The highest BCUT2D eigenvalue weighted by atomic mass is 16.6. The first kappa shape index (κ1) is 13.0. The van der Waals surface area contributed by atoms with E-state index in [1.54, 1.807) is 12.1 Å². The van der Waals surface area contributed by atoms with Crippen LogP contribution in [0, 0.1) is 10.1 Å². The molecule has 7 heteroatoms. The Morgan fingerprint density at radius 3 is 2.58 bits per heavy atom. The first-order valence-corrected chi connectivity index (χ1v) is 5.84. The maximum Gasteiger partial charge on any atom is 0.269 e. The zero-order valence-electron chi connectivity index (χ0n) is 10.7. The van der Waals surface area contributed by atoms with E-state index in [4.69, 9.17) is 4.74 Å². The smallest absolute Gasteiger partial charge is 0.269 e. The molecule has 0 fully saturated rings. The van der Waals surface area contributed by atoms with E-state index in [1.165, 1.54) is 12.1 Å². The Bertz CT molecular complexity index is 563. The molecule has 1 aromatic carbocycles. The molecule has 1 heterocycles. The SMILES string of the molecule is CC(C)c1n[nH]c(COc2ccc([N+](=O)[O-])cc2)n1. The molecule has 0 amide bonds. The van der Waals surface area contributed by atoms with Crippen molar-refractivity contribution in [3.63, 3.8) is 0 Å². The van der Waals surface area contributed by atoms with Crippen LogP contribution in [0.5, 0.6) is 5.75 Å². The second-order valence-corrected chi connectivity index (χ2v) is 4.33. The molecule has 0 saturated carbocycles. The third kappa shape index (κ3) is 3.27. The molecule has 7 nitrogen and oxygen atoms in total. The Morgan fingerprint density at radius 2 is 2.05 bits per heavy atom. The zero-order valence-corrected chi connectivity index (χ0v) is 10.7. The van der Waals surface area contributed by atoms with Gasteiger partial charge in [-0.05, 0) is 12.1 Å². The highest BCUT2D eigenvalue weighted by Crippen LogP contribution is 2.18. The number of non-ortho nitro benzene ring substituents is 1. The predicted octanol–water partition coefficient (Wildman–Crippen LogP) is 2.42. The molecule has 0 bridgehead atoms. The number of benzene rings is 1. The van der Waals surface area contributed by atoms with Gasteiger partial charge < -0.3 is 4.74 Å². The lowest BCUT2D eigenvalue weighted by Gasteiger charge is -2.02. The van der Waals surface area contributed by atoms with Crippen LogP contribution < -0.4 is 4.74 Å². The lowest BCUT2D eigenvalue weighted by atomic mass is 10.2. The molecule has 0 aliphatic carbocycles. The predicted molar refractivity (Wildman–Crippen MR) is 67.9 cm³/mol. The summed E-state index contributed by atoms with van der Waals surface area (Å²) >= 11 is 0. The third-order valence-corrected chi connectivity index (χ3v) is 2.49. The lowest BCUT2D eigenvalue weighted by molar-refractivity contribution is -0.384. The normalized spacial score (nSPS) is 10.7. The van der Waals surface area contributed by atoms with E-state index in [0.29, 0.717) is 11.6 Å². The van der Waals surface area contributed by atoms with Crippen LogP contribution in [0.25, 0.3) is 0 Å². The lowest BCUT2D eigenvalue weighted by Crippen LogP contribution is -1.98. The van der Waals surface area contributed by atoms with Gasteiger partial charge in [0.2, 0.25) is 0 Å². The van der Waals surface area contributed by atoms with E-state index in [2.05, 4.69) is 15.2 Å². The fraction of sp³-hybridized carbons (Fsp3) is 0.333. The summed E-state index contributed by atoms with van der Waals surface area (Å²) in [6.45, 7) is 4.26. The van der Waals surface area contributed by atoms with Crippen molar-refractivity contribution in [1.82, 2.24) is 15.2 Å². The molecule has 0 aliphatic heterocycles. The Balaban J connectivity index is 1.96. The van der Waals surface area contributed by atoms with Crippen LogP contribution in [0.1, 0.15) is 31.4 Å². The van der Waals surface area contributed by atoms with Crippen molar-refractivity contribution in [3.8, 4) is 5.75 Å². The summed E-state index contributed by atoms with van der Waals surface area (Å²) in [5, 5.41) is 17.4. The molecule has 0 radical (unpaired) electrons. The van der Waals surface area contributed by atoms with E-state index in [9.17, 15) is 10.1 Å². The minimum Gasteiger partial charge on any atom is -0.486 e. The standard InChI is InChI=1S/C12H14N4O3/c1-8(2)12-13-11(14-15-12)7-19-10-5-3-9(4-6-10)16(17)18/h3-6,8H,7H2,1-2H3,(H,13,14,15). The molecule has 100 valence electrons. The Morgan fingerprint density at radius 1 is 1.37 bits per heavy atom. The Hall–Kier alpha value is -2.44. The van der Waals surface area contributed by atoms with Gasteiger partial charge in [0.05, 0.1) is 4.92 Å². The van der Waals surface area contributed by atoms with Gasteiger partial charge in [0.1, 0.15) is 12.4 Å². The third-order valence-electron chi connectivity index (χ3n) is 2.49. The van der Waals surface area contributed by atoms with E-state index < -0.39 is 4.92 Å². The van der Waals surface area contributed by atoms with Crippen molar-refractivity contribution in [2.45, 2.75) is 26.4 Å². The fourth-order valence-electron chi connectivity index (χ4n) is 1.45. The number of ether oxygens (including phenoxy) is 1. The number of nitrogens with zero attached hydrogens (tertiary/aromatic N) is 3. The first-order valence-electron chi connectivity index (χ1n) is 5.84. The molecule has 0 aliphatic rings. The largest absolute Gasteiger partial charge is 0.486 e. The summed E-state index contributed by atoms with van der Waals surface area (Å²) in [6, 6.07) is 5.90. The number of H-pyrrole nitrogens is 1. The van der Waals surface area contributed by atoms with Gasteiger partial charge in [0, 0.05) is 18.1 Å². The van der Waals surface area contributed by atoms with E-state index in [-0.39, 0.29) is 18.2 Å². The molecular formula is C12H14N4O3. The van der Waals surface area contributed by atoms with Crippen LogP contribution in [-0.2, 0) is 6.61 Å². The topological polar surface area (TPSA) is 93.9 Å². The molecule has 0 unspecified atom stereocenters. The molecule has 0 saturated heterocycles. The van der Waals surface area contributed by atoms with Crippen molar-refractivity contribution in [1.29, 1.82) is 0 Å². The zero-order chi connectivity index (χ0) is 13.8. The highest BCUT2D eigenvalue weighted by molar-refractivity contribution is 5.35. The number of nitro groups is 1. The first-order chi connectivity index (χ1) is 9.06. The number of aromatic nitrogens is 3. The van der Waals surface area contributed by atoms with Crippen molar-refractivity contribution in [3.05, 3.63) is 46.0 Å². The molecule has 2 aromatic rings. The summed E-state index contributed by atoms with van der Waals surface area (Å²) < 4.78 is 5.46. The molecule has 0 spiro atoms. The highest BCUT2D eigenvalue weighted by Gasteiger charge is 2.08. The number of hydrogen-bond donors (Lipinski definition) is 1. The van der Waals surface area contributed by atoms with Crippen LogP contribution in [0.3, 0.4) is 0 Å². The van der Waals surface area contributed by atoms with Crippen molar-refractivity contribution >= 4 is 5.69 Å². The van der Waals surface area contributed by atoms with Gasteiger partial charge in [0.15, 0.2) is 11.6 Å². The van der Waals surface area contributed by atoms with E-state index in [0.717, 1.165) is 5.82 Å². The number of nitrogens with one attached hydrogen (secondary N) is 1.